The summed E-state index contributed by atoms with van der Waals surface area (Å²) in [6.07, 6.45) is 1.26. The summed E-state index contributed by atoms with van der Waals surface area (Å²) < 4.78 is 55.3. The van der Waals surface area contributed by atoms with Gasteiger partial charge in [0.25, 0.3) is 0 Å². The lowest BCUT2D eigenvalue weighted by Gasteiger charge is -2.25. The first kappa shape index (κ1) is 7.97. The second-order valence-electron chi connectivity index (χ2n) is 6.06. The molecule has 0 fully saturated rings. The Morgan fingerprint density at radius 3 is 2.50 bits per heavy atom. The Morgan fingerprint density at radius 1 is 1.20 bits per heavy atom. The molecule has 0 N–H and O–H groups in total. The Kier molecular flexibility index (Phi) is 2.15. The molecule has 0 bridgehead atoms. The summed E-state index contributed by atoms with van der Waals surface area (Å²) >= 11 is 0. The molecule has 0 atom stereocenters. The summed E-state index contributed by atoms with van der Waals surface area (Å²) in [5.74, 6) is -2.76. The lowest BCUT2D eigenvalue weighted by molar-refractivity contribution is 0.576. The molecule has 0 saturated carbocycles. The highest BCUT2D eigenvalue weighted by Crippen LogP contribution is 2.33. The minimum Gasteiger partial charge on any atom is -0.256 e. The van der Waals surface area contributed by atoms with Gasteiger partial charge in [-0.3, -0.25) is 4.98 Å². The molecule has 1 aromatic heterocycles. The monoisotopic (exact) mass is 274 g/mol. The fraction of sp³-hybridized carbons (Fsp3) is 0.421. The molecule has 1 nitrogen and oxygen atoms in total. The van der Waals surface area contributed by atoms with Gasteiger partial charge in [-0.25, -0.2) is 0 Å². The third-order valence-electron chi connectivity index (χ3n) is 3.40. The van der Waals surface area contributed by atoms with Gasteiger partial charge in [-0.1, -0.05) is 58.7 Å². The van der Waals surface area contributed by atoms with E-state index in [-0.39, 0.29) is 5.56 Å². The van der Waals surface area contributed by atoms with E-state index in [2.05, 4.69) is 4.98 Å². The predicted octanol–water partition coefficient (Wildman–Crippen LogP) is 5.48. The minimum atomic E-state index is -3.04. The second-order valence-corrected chi connectivity index (χ2v) is 6.06. The van der Waals surface area contributed by atoms with Crippen LogP contribution in [0.15, 0.2) is 36.5 Å². The van der Waals surface area contributed by atoms with Crippen LogP contribution >= 0.6 is 0 Å². The summed E-state index contributed by atoms with van der Waals surface area (Å²) in [6, 6.07) is 9.37. The SMILES string of the molecule is [2H]C([2H])([2H])C([2H])(c1cnc(-c2ccccc2C)cc1C(C)(C)C)C([2H])([2H])[2H]. The molecule has 1 heterocycles. The lowest BCUT2D eigenvalue weighted by atomic mass is 9.81. The zero-order chi connectivity index (χ0) is 20.8. The van der Waals surface area contributed by atoms with Gasteiger partial charge in [0.1, 0.15) is 0 Å². The van der Waals surface area contributed by atoms with Crippen molar-refractivity contribution >= 4 is 0 Å². The maximum absolute atomic E-state index is 8.54. The second kappa shape index (κ2) is 5.40. The van der Waals surface area contributed by atoms with Crippen LogP contribution < -0.4 is 0 Å². The number of aryl methyl sites for hydroxylation is 1. The smallest absolute Gasteiger partial charge is 0.0707 e. The van der Waals surface area contributed by atoms with E-state index < -0.39 is 25.0 Å². The largest absolute Gasteiger partial charge is 0.256 e. The molecule has 0 aliphatic carbocycles. The molecule has 1 aromatic carbocycles. The van der Waals surface area contributed by atoms with Crippen molar-refractivity contribution in [2.45, 2.75) is 52.7 Å². The van der Waals surface area contributed by atoms with Gasteiger partial charge in [-0.2, -0.15) is 0 Å². The predicted molar refractivity (Wildman–Crippen MR) is 87.2 cm³/mol. The fourth-order valence-electron chi connectivity index (χ4n) is 2.28. The van der Waals surface area contributed by atoms with Crippen LogP contribution in [0, 0.1) is 6.92 Å². The molecule has 0 spiro atoms. The Balaban J connectivity index is 2.84. The van der Waals surface area contributed by atoms with Crippen LogP contribution in [-0.2, 0) is 5.41 Å². The van der Waals surface area contributed by atoms with Crippen LogP contribution in [-0.4, -0.2) is 4.98 Å². The number of benzene rings is 1. The number of hydrogen-bond acceptors (Lipinski definition) is 1. The van der Waals surface area contributed by atoms with Crippen LogP contribution in [0.5, 0.6) is 0 Å². The van der Waals surface area contributed by atoms with E-state index in [1.54, 1.807) is 6.07 Å². The van der Waals surface area contributed by atoms with Crippen molar-refractivity contribution in [3.05, 3.63) is 53.2 Å². The minimum absolute atomic E-state index is 0.0765. The first-order chi connectivity index (χ1) is 12.1. The first-order valence-electron chi connectivity index (χ1n) is 10.2. The van der Waals surface area contributed by atoms with E-state index in [1.165, 1.54) is 6.20 Å². The standard InChI is InChI=1S/C19H25N/c1-13(2)16-12-20-18(11-17(16)19(4,5)6)15-10-8-7-9-14(15)3/h7-13H,1-6H3/i1D3,2D3,13D. The summed E-state index contributed by atoms with van der Waals surface area (Å²) in [6.45, 7) is 1.47. The molecule has 0 aliphatic rings. The Bertz CT molecular complexity index is 815. The van der Waals surface area contributed by atoms with Gasteiger partial charge >= 0.3 is 0 Å². The molecule has 20 heavy (non-hydrogen) atoms. The fourth-order valence-corrected chi connectivity index (χ4v) is 2.28. The van der Waals surface area contributed by atoms with Gasteiger partial charge in [0.05, 0.1) is 5.69 Å². The Morgan fingerprint density at radius 2 is 1.90 bits per heavy atom. The zero-order valence-electron chi connectivity index (χ0n) is 19.4. The third kappa shape index (κ3) is 2.92. The van der Waals surface area contributed by atoms with E-state index in [9.17, 15) is 0 Å². The van der Waals surface area contributed by atoms with Crippen LogP contribution in [0.2, 0.25) is 0 Å². The molecule has 1 heteroatoms. The van der Waals surface area contributed by atoms with Crippen molar-refractivity contribution in [3.8, 4) is 11.3 Å². The number of hydrogen-bond donors (Lipinski definition) is 0. The molecule has 2 rings (SSSR count). The topological polar surface area (TPSA) is 12.9 Å². The maximum atomic E-state index is 8.54. The molecular formula is C19H25N. The van der Waals surface area contributed by atoms with Crippen molar-refractivity contribution in [1.82, 2.24) is 4.98 Å². The lowest BCUT2D eigenvalue weighted by Crippen LogP contribution is -2.15. The molecule has 0 aliphatic heterocycles. The van der Waals surface area contributed by atoms with Gasteiger partial charge in [0, 0.05) is 21.4 Å². The molecule has 0 amide bonds. The van der Waals surface area contributed by atoms with Crippen molar-refractivity contribution in [3.63, 3.8) is 0 Å². The van der Waals surface area contributed by atoms with Gasteiger partial charge in [0.2, 0.25) is 0 Å². The van der Waals surface area contributed by atoms with Crippen molar-refractivity contribution in [2.75, 3.05) is 0 Å². The quantitative estimate of drug-likeness (QED) is 0.707. The van der Waals surface area contributed by atoms with E-state index in [4.69, 9.17) is 9.60 Å². The van der Waals surface area contributed by atoms with Crippen LogP contribution in [0.4, 0.5) is 0 Å². The van der Waals surface area contributed by atoms with Crippen LogP contribution in [0.25, 0.3) is 11.3 Å². The van der Waals surface area contributed by atoms with Crippen molar-refractivity contribution in [1.29, 1.82) is 0 Å². The van der Waals surface area contributed by atoms with E-state index in [0.717, 1.165) is 11.1 Å². The number of pyridine rings is 1. The average molecular weight is 274 g/mol. The van der Waals surface area contributed by atoms with Crippen molar-refractivity contribution in [2.24, 2.45) is 0 Å². The highest BCUT2D eigenvalue weighted by molar-refractivity contribution is 5.64. The van der Waals surface area contributed by atoms with Gasteiger partial charge in [-0.15, -0.1) is 0 Å². The van der Waals surface area contributed by atoms with Gasteiger partial charge in [-0.05, 0) is 41.0 Å². The van der Waals surface area contributed by atoms with Crippen LogP contribution in [0.3, 0.4) is 0 Å². The van der Waals surface area contributed by atoms with E-state index in [0.29, 0.717) is 11.3 Å². The average Bonchev–Trinajstić information content (AvgIpc) is 2.51. The number of nitrogens with zero attached hydrogens (tertiary/aromatic N) is 1. The number of aromatic nitrogens is 1. The number of rotatable bonds is 2. The molecule has 0 saturated heterocycles. The highest BCUT2D eigenvalue weighted by Gasteiger charge is 2.21. The molecular weight excluding hydrogens is 242 g/mol. The molecule has 0 radical (unpaired) electrons. The molecule has 0 unspecified atom stereocenters. The van der Waals surface area contributed by atoms with E-state index in [1.807, 2.05) is 52.0 Å². The van der Waals surface area contributed by atoms with Crippen LogP contribution in [0.1, 0.15) is 66.7 Å². The third-order valence-corrected chi connectivity index (χ3v) is 3.40. The molecule has 2 aromatic rings. The van der Waals surface area contributed by atoms with Gasteiger partial charge < -0.3 is 0 Å². The summed E-state index contributed by atoms with van der Waals surface area (Å²) in [4.78, 5) is 4.36. The van der Waals surface area contributed by atoms with Crippen molar-refractivity contribution < 1.29 is 9.60 Å². The normalized spacial score (nSPS) is 18.9. The summed E-state index contributed by atoms with van der Waals surface area (Å²) in [5, 5.41) is 0. The van der Waals surface area contributed by atoms with E-state index >= 15 is 0 Å². The molecule has 106 valence electrons. The highest BCUT2D eigenvalue weighted by atomic mass is 14.7. The summed E-state index contributed by atoms with van der Waals surface area (Å²) in [7, 11) is 0. The summed E-state index contributed by atoms with van der Waals surface area (Å²) in [5.41, 5.74) is 2.36. The maximum Gasteiger partial charge on any atom is 0.0707 e. The first-order valence-corrected chi connectivity index (χ1v) is 6.68. The Labute approximate surface area is 132 Å². The van der Waals surface area contributed by atoms with Gasteiger partial charge in [0.15, 0.2) is 0 Å². The Hall–Kier alpha value is -1.63. The zero-order valence-corrected chi connectivity index (χ0v) is 12.4.